The summed E-state index contributed by atoms with van der Waals surface area (Å²) in [4.78, 5) is 8.12. The van der Waals surface area contributed by atoms with Crippen LogP contribution in [-0.4, -0.2) is 43.2 Å². The molecule has 0 N–H and O–H groups in total. The van der Waals surface area contributed by atoms with Crippen LogP contribution >= 0.6 is 0 Å². The third-order valence-electron chi connectivity index (χ3n) is 4.76. The predicted octanol–water partition coefficient (Wildman–Crippen LogP) is 2.93. The predicted molar refractivity (Wildman–Crippen MR) is 95.4 cm³/mol. The van der Waals surface area contributed by atoms with Crippen molar-refractivity contribution in [1.82, 2.24) is 30.1 Å². The van der Waals surface area contributed by atoms with E-state index in [2.05, 4.69) is 25.3 Å². The van der Waals surface area contributed by atoms with Gasteiger partial charge in [0.2, 0.25) is 5.82 Å². The van der Waals surface area contributed by atoms with Gasteiger partial charge in [-0.3, -0.25) is 9.88 Å². The van der Waals surface area contributed by atoms with Crippen molar-refractivity contribution in [3.8, 4) is 11.5 Å². The second-order valence-corrected chi connectivity index (χ2v) is 6.87. The molecule has 27 heavy (non-hydrogen) atoms. The Labute approximate surface area is 155 Å². The van der Waals surface area contributed by atoms with E-state index < -0.39 is 11.6 Å². The number of likely N-dealkylation sites (tertiary alicyclic amines) is 1. The van der Waals surface area contributed by atoms with E-state index in [1.165, 1.54) is 12.1 Å². The highest BCUT2D eigenvalue weighted by atomic mass is 19.2. The molecule has 1 aliphatic heterocycles. The van der Waals surface area contributed by atoms with Crippen LogP contribution in [0.3, 0.4) is 0 Å². The summed E-state index contributed by atoms with van der Waals surface area (Å²) in [6.45, 7) is 3.09. The van der Waals surface area contributed by atoms with Gasteiger partial charge >= 0.3 is 0 Å². The number of hydrogen-bond donors (Lipinski definition) is 0. The molecular formula is C19H20F2N6. The lowest BCUT2D eigenvalue weighted by molar-refractivity contribution is 0.149. The summed E-state index contributed by atoms with van der Waals surface area (Å²) in [6, 6.07) is 9.69. The zero-order chi connectivity index (χ0) is 18.6. The Morgan fingerprint density at radius 3 is 2.85 bits per heavy atom. The second kappa shape index (κ2) is 7.87. The van der Waals surface area contributed by atoms with Gasteiger partial charge in [-0.15, -0.1) is 10.2 Å². The van der Waals surface area contributed by atoms with E-state index in [9.17, 15) is 8.78 Å². The molecule has 0 unspecified atom stereocenters. The molecule has 1 aliphatic rings. The molecule has 140 valence electrons. The van der Waals surface area contributed by atoms with E-state index in [4.69, 9.17) is 0 Å². The monoisotopic (exact) mass is 370 g/mol. The van der Waals surface area contributed by atoms with Gasteiger partial charge in [0.1, 0.15) is 5.69 Å². The molecule has 4 rings (SSSR count). The Hall–Kier alpha value is -2.74. The van der Waals surface area contributed by atoms with E-state index in [-0.39, 0.29) is 0 Å². The van der Waals surface area contributed by atoms with Crippen molar-refractivity contribution in [3.05, 3.63) is 59.8 Å². The first-order valence-electron chi connectivity index (χ1n) is 9.03. The van der Waals surface area contributed by atoms with E-state index in [1.807, 2.05) is 18.2 Å². The maximum absolute atomic E-state index is 13.4. The molecular weight excluding hydrogens is 350 g/mol. The summed E-state index contributed by atoms with van der Waals surface area (Å²) in [5.41, 5.74) is 1.48. The summed E-state index contributed by atoms with van der Waals surface area (Å²) in [7, 11) is 0. The number of hydrogen-bond acceptors (Lipinski definition) is 5. The van der Waals surface area contributed by atoms with Crippen LogP contribution in [0.2, 0.25) is 0 Å². The quantitative estimate of drug-likeness (QED) is 0.691. The summed E-state index contributed by atoms with van der Waals surface area (Å²) in [5, 5.41) is 12.7. The molecule has 2 aromatic heterocycles. The molecule has 3 aromatic rings. The third kappa shape index (κ3) is 4.33. The number of rotatable bonds is 5. The Kier molecular flexibility index (Phi) is 5.15. The van der Waals surface area contributed by atoms with Crippen molar-refractivity contribution in [3.63, 3.8) is 0 Å². The minimum atomic E-state index is -0.809. The highest BCUT2D eigenvalue weighted by molar-refractivity contribution is 5.46. The van der Waals surface area contributed by atoms with Gasteiger partial charge in [-0.05, 0) is 60.3 Å². The first kappa shape index (κ1) is 17.7. The smallest absolute Gasteiger partial charge is 0.223 e. The Morgan fingerprint density at radius 1 is 1.11 bits per heavy atom. The first-order valence-corrected chi connectivity index (χ1v) is 9.03. The molecule has 0 saturated carbocycles. The normalized spacial score (nSPS) is 17.9. The van der Waals surface area contributed by atoms with Crippen LogP contribution < -0.4 is 0 Å². The van der Waals surface area contributed by atoms with Crippen LogP contribution in [0.25, 0.3) is 11.5 Å². The van der Waals surface area contributed by atoms with Crippen molar-refractivity contribution >= 4 is 0 Å². The summed E-state index contributed by atoms with van der Waals surface area (Å²) >= 11 is 0. The average molecular weight is 370 g/mol. The lowest BCUT2D eigenvalue weighted by atomic mass is 9.97. The minimum absolute atomic E-state index is 0.384. The first-order chi connectivity index (χ1) is 13.2. The molecule has 6 nitrogen and oxygen atoms in total. The largest absolute Gasteiger partial charge is 0.299 e. The molecule has 0 spiro atoms. The van der Waals surface area contributed by atoms with Gasteiger partial charge in [-0.2, -0.15) is 4.80 Å². The lowest BCUT2D eigenvalue weighted by Gasteiger charge is -2.32. The number of nitrogens with zero attached hydrogens (tertiary/aromatic N) is 6. The fraction of sp³-hybridized carbons (Fsp3) is 0.368. The number of halogens is 2. The topological polar surface area (TPSA) is 59.7 Å². The molecule has 0 amide bonds. The standard InChI is InChI=1S/C19H20F2N6/c20-16-7-6-14(10-17(16)21)11-26-9-3-4-15(12-26)13-27-24-19(23-25-27)18-5-1-2-8-22-18/h1-2,5-8,10,15H,3-4,9,11-13H2/t15-/m0/s1. The molecule has 1 saturated heterocycles. The van der Waals surface area contributed by atoms with Gasteiger partial charge < -0.3 is 0 Å². The van der Waals surface area contributed by atoms with E-state index in [0.717, 1.165) is 31.5 Å². The van der Waals surface area contributed by atoms with E-state index >= 15 is 0 Å². The molecule has 1 atom stereocenters. The van der Waals surface area contributed by atoms with Crippen molar-refractivity contribution in [2.24, 2.45) is 5.92 Å². The van der Waals surface area contributed by atoms with Crippen LogP contribution in [0.4, 0.5) is 8.78 Å². The van der Waals surface area contributed by atoms with Gasteiger partial charge in [0.25, 0.3) is 0 Å². The Bertz CT molecular complexity index is 898. The second-order valence-electron chi connectivity index (χ2n) is 6.87. The zero-order valence-electron chi connectivity index (χ0n) is 14.8. The van der Waals surface area contributed by atoms with Crippen molar-refractivity contribution in [2.45, 2.75) is 25.9 Å². The molecule has 3 heterocycles. The summed E-state index contributed by atoms with van der Waals surface area (Å²) in [6.07, 6.45) is 3.83. The van der Waals surface area contributed by atoms with Crippen molar-refractivity contribution in [1.29, 1.82) is 0 Å². The van der Waals surface area contributed by atoms with E-state index in [1.54, 1.807) is 17.1 Å². The van der Waals surface area contributed by atoms with Crippen LogP contribution in [0.1, 0.15) is 18.4 Å². The van der Waals surface area contributed by atoms with Crippen molar-refractivity contribution in [2.75, 3.05) is 13.1 Å². The number of piperidine rings is 1. The Morgan fingerprint density at radius 2 is 2.04 bits per heavy atom. The lowest BCUT2D eigenvalue weighted by Crippen LogP contribution is -2.36. The van der Waals surface area contributed by atoms with Gasteiger partial charge in [-0.25, -0.2) is 8.78 Å². The van der Waals surface area contributed by atoms with Crippen LogP contribution in [-0.2, 0) is 13.1 Å². The maximum atomic E-state index is 13.4. The summed E-state index contributed by atoms with van der Waals surface area (Å²) in [5.74, 6) is -0.703. The average Bonchev–Trinajstić information content (AvgIpc) is 3.14. The number of pyridine rings is 1. The zero-order valence-corrected chi connectivity index (χ0v) is 14.8. The van der Waals surface area contributed by atoms with Gasteiger partial charge in [-0.1, -0.05) is 12.1 Å². The fourth-order valence-electron chi connectivity index (χ4n) is 3.49. The number of tetrazole rings is 1. The van der Waals surface area contributed by atoms with Crippen LogP contribution in [0, 0.1) is 17.6 Å². The van der Waals surface area contributed by atoms with Crippen molar-refractivity contribution < 1.29 is 8.78 Å². The maximum Gasteiger partial charge on any atom is 0.223 e. The molecule has 8 heteroatoms. The molecule has 1 fully saturated rings. The fourth-order valence-corrected chi connectivity index (χ4v) is 3.49. The van der Waals surface area contributed by atoms with Crippen LogP contribution in [0.15, 0.2) is 42.6 Å². The number of aromatic nitrogens is 5. The SMILES string of the molecule is Fc1ccc(CN2CCC[C@H](Cn3nnc(-c4ccccn4)n3)C2)cc1F. The molecule has 1 aromatic carbocycles. The highest BCUT2D eigenvalue weighted by Gasteiger charge is 2.22. The van der Waals surface area contributed by atoms with Gasteiger partial charge in [0, 0.05) is 19.3 Å². The van der Waals surface area contributed by atoms with Gasteiger partial charge in [0.05, 0.1) is 6.54 Å². The third-order valence-corrected chi connectivity index (χ3v) is 4.76. The minimum Gasteiger partial charge on any atom is -0.299 e. The van der Waals surface area contributed by atoms with Gasteiger partial charge in [0.15, 0.2) is 11.6 Å². The van der Waals surface area contributed by atoms with Crippen LogP contribution in [0.5, 0.6) is 0 Å². The summed E-state index contributed by atoms with van der Waals surface area (Å²) < 4.78 is 26.5. The molecule has 0 radical (unpaired) electrons. The highest BCUT2D eigenvalue weighted by Crippen LogP contribution is 2.21. The molecule has 0 aliphatic carbocycles. The Balaban J connectivity index is 1.37. The molecule has 0 bridgehead atoms. The van der Waals surface area contributed by atoms with E-state index in [0.29, 0.717) is 30.5 Å². The number of benzene rings is 1.